The standard InChI is InChI=1S/C21H23NO4/c1-13(2)12-26-18-10-9-17(25-4)19-20(18)22-11-16(21(19)23)14-5-7-15(24-3)8-6-14/h5-11,13H,12H2,1-4H3,(H,22,23). The number of methoxy groups -OCH3 is 2. The van der Waals surface area contributed by atoms with Gasteiger partial charge in [-0.3, -0.25) is 4.79 Å². The zero-order chi connectivity index (χ0) is 18.7. The number of pyridine rings is 1. The first-order valence-corrected chi connectivity index (χ1v) is 8.54. The van der Waals surface area contributed by atoms with E-state index in [1.54, 1.807) is 26.5 Å². The zero-order valence-electron chi connectivity index (χ0n) is 15.5. The average Bonchev–Trinajstić information content (AvgIpc) is 2.66. The fraction of sp³-hybridized carbons (Fsp3) is 0.286. The first-order valence-electron chi connectivity index (χ1n) is 8.54. The normalized spacial score (nSPS) is 11.0. The molecule has 1 heterocycles. The minimum Gasteiger partial charge on any atom is -0.497 e. The molecule has 0 fully saturated rings. The van der Waals surface area contributed by atoms with Crippen LogP contribution in [0.3, 0.4) is 0 Å². The summed E-state index contributed by atoms with van der Waals surface area (Å²) in [5.41, 5.74) is 1.92. The third-order valence-corrected chi connectivity index (χ3v) is 4.15. The van der Waals surface area contributed by atoms with Gasteiger partial charge in [-0.05, 0) is 35.7 Å². The molecule has 0 unspecified atom stereocenters. The number of ether oxygens (including phenoxy) is 3. The molecule has 0 aliphatic carbocycles. The second kappa shape index (κ2) is 7.52. The van der Waals surface area contributed by atoms with Gasteiger partial charge in [-0.25, -0.2) is 0 Å². The van der Waals surface area contributed by atoms with Crippen molar-refractivity contribution >= 4 is 10.9 Å². The van der Waals surface area contributed by atoms with E-state index in [-0.39, 0.29) is 5.43 Å². The van der Waals surface area contributed by atoms with Crippen LogP contribution in [0, 0.1) is 5.92 Å². The fourth-order valence-corrected chi connectivity index (χ4v) is 2.81. The molecule has 136 valence electrons. The van der Waals surface area contributed by atoms with E-state index in [0.29, 0.717) is 40.5 Å². The summed E-state index contributed by atoms with van der Waals surface area (Å²) in [5, 5.41) is 0.488. The van der Waals surface area contributed by atoms with Crippen molar-refractivity contribution in [2.75, 3.05) is 20.8 Å². The van der Waals surface area contributed by atoms with E-state index in [2.05, 4.69) is 18.8 Å². The second-order valence-electron chi connectivity index (χ2n) is 6.48. The summed E-state index contributed by atoms with van der Waals surface area (Å²) in [7, 11) is 3.17. The van der Waals surface area contributed by atoms with Crippen molar-refractivity contribution in [3.05, 3.63) is 52.8 Å². The number of hydrogen-bond acceptors (Lipinski definition) is 4. The zero-order valence-corrected chi connectivity index (χ0v) is 15.5. The van der Waals surface area contributed by atoms with Crippen LogP contribution in [0.5, 0.6) is 17.2 Å². The largest absolute Gasteiger partial charge is 0.497 e. The summed E-state index contributed by atoms with van der Waals surface area (Å²) in [4.78, 5) is 16.4. The van der Waals surface area contributed by atoms with Crippen molar-refractivity contribution in [3.63, 3.8) is 0 Å². The van der Waals surface area contributed by atoms with Crippen LogP contribution in [0.2, 0.25) is 0 Å². The average molecular weight is 353 g/mol. The number of rotatable bonds is 6. The van der Waals surface area contributed by atoms with Gasteiger partial charge in [-0.2, -0.15) is 0 Å². The van der Waals surface area contributed by atoms with Crippen LogP contribution >= 0.6 is 0 Å². The topological polar surface area (TPSA) is 60.6 Å². The maximum atomic E-state index is 13.2. The minimum atomic E-state index is -0.101. The Morgan fingerprint density at radius 1 is 0.962 bits per heavy atom. The van der Waals surface area contributed by atoms with Gasteiger partial charge in [0.1, 0.15) is 17.2 Å². The molecular formula is C21H23NO4. The molecule has 26 heavy (non-hydrogen) atoms. The van der Waals surface area contributed by atoms with Gasteiger partial charge in [0.15, 0.2) is 0 Å². The predicted molar refractivity (Wildman–Crippen MR) is 103 cm³/mol. The van der Waals surface area contributed by atoms with Crippen molar-refractivity contribution in [1.82, 2.24) is 4.98 Å². The molecule has 0 radical (unpaired) electrons. The van der Waals surface area contributed by atoms with E-state index in [0.717, 1.165) is 11.3 Å². The van der Waals surface area contributed by atoms with Gasteiger partial charge < -0.3 is 19.2 Å². The molecule has 1 N–H and O–H groups in total. The molecule has 3 aromatic rings. The molecule has 0 aliphatic rings. The lowest BCUT2D eigenvalue weighted by Gasteiger charge is -2.14. The van der Waals surface area contributed by atoms with Crippen LogP contribution in [0.15, 0.2) is 47.4 Å². The number of benzene rings is 2. The van der Waals surface area contributed by atoms with Crippen molar-refractivity contribution in [2.45, 2.75) is 13.8 Å². The Labute approximate surface area is 152 Å². The van der Waals surface area contributed by atoms with Gasteiger partial charge in [0.05, 0.1) is 31.7 Å². The number of nitrogens with one attached hydrogen (secondary N) is 1. The molecule has 5 heteroatoms. The van der Waals surface area contributed by atoms with Gasteiger partial charge in [0.2, 0.25) is 5.43 Å². The van der Waals surface area contributed by atoms with E-state index in [4.69, 9.17) is 14.2 Å². The number of aromatic nitrogens is 1. The smallest absolute Gasteiger partial charge is 0.201 e. The number of aromatic amines is 1. The van der Waals surface area contributed by atoms with Crippen molar-refractivity contribution in [2.24, 2.45) is 5.92 Å². The first-order chi connectivity index (χ1) is 12.5. The molecule has 0 saturated heterocycles. The van der Waals surface area contributed by atoms with Crippen molar-refractivity contribution in [1.29, 1.82) is 0 Å². The molecule has 0 aliphatic heterocycles. The molecule has 0 spiro atoms. The lowest BCUT2D eigenvalue weighted by Crippen LogP contribution is -2.10. The van der Waals surface area contributed by atoms with Crippen LogP contribution in [-0.2, 0) is 0 Å². The lowest BCUT2D eigenvalue weighted by molar-refractivity contribution is 0.273. The maximum absolute atomic E-state index is 13.2. The first kappa shape index (κ1) is 17.9. The number of fused-ring (bicyclic) bond motifs is 1. The van der Waals surface area contributed by atoms with Gasteiger partial charge >= 0.3 is 0 Å². The Morgan fingerprint density at radius 3 is 2.27 bits per heavy atom. The van der Waals surface area contributed by atoms with E-state index in [1.807, 2.05) is 30.3 Å². The Bertz CT molecular complexity index is 958. The maximum Gasteiger partial charge on any atom is 0.201 e. The summed E-state index contributed by atoms with van der Waals surface area (Å²) in [6.07, 6.45) is 1.72. The van der Waals surface area contributed by atoms with Gasteiger partial charge in [-0.15, -0.1) is 0 Å². The van der Waals surface area contributed by atoms with Crippen molar-refractivity contribution in [3.8, 4) is 28.4 Å². The SMILES string of the molecule is COc1ccc(-c2c[nH]c3c(OCC(C)C)ccc(OC)c3c2=O)cc1. The van der Waals surface area contributed by atoms with Gasteiger partial charge in [-0.1, -0.05) is 26.0 Å². The van der Waals surface area contributed by atoms with Crippen LogP contribution in [0.1, 0.15) is 13.8 Å². The van der Waals surface area contributed by atoms with E-state index in [9.17, 15) is 4.79 Å². The summed E-state index contributed by atoms with van der Waals surface area (Å²) in [5.74, 6) is 2.30. The van der Waals surface area contributed by atoms with Crippen LogP contribution in [0.4, 0.5) is 0 Å². The molecule has 0 atom stereocenters. The Morgan fingerprint density at radius 2 is 1.65 bits per heavy atom. The predicted octanol–water partition coefficient (Wildman–Crippen LogP) is 4.25. The molecule has 0 saturated carbocycles. The van der Waals surface area contributed by atoms with Crippen LogP contribution in [-0.4, -0.2) is 25.8 Å². The molecule has 1 aromatic heterocycles. The van der Waals surface area contributed by atoms with E-state index in [1.165, 1.54) is 0 Å². The molecule has 0 bridgehead atoms. The highest BCUT2D eigenvalue weighted by Gasteiger charge is 2.15. The summed E-state index contributed by atoms with van der Waals surface area (Å²) in [6, 6.07) is 11.0. The molecule has 2 aromatic carbocycles. The van der Waals surface area contributed by atoms with Gasteiger partial charge in [0, 0.05) is 11.8 Å². The van der Waals surface area contributed by atoms with Gasteiger partial charge in [0.25, 0.3) is 0 Å². The second-order valence-corrected chi connectivity index (χ2v) is 6.48. The van der Waals surface area contributed by atoms with E-state index >= 15 is 0 Å². The monoisotopic (exact) mass is 353 g/mol. The molecule has 0 amide bonds. The quantitative estimate of drug-likeness (QED) is 0.720. The number of hydrogen-bond donors (Lipinski definition) is 1. The lowest BCUT2D eigenvalue weighted by atomic mass is 10.0. The summed E-state index contributed by atoms with van der Waals surface area (Å²) < 4.78 is 16.5. The fourth-order valence-electron chi connectivity index (χ4n) is 2.81. The number of H-pyrrole nitrogens is 1. The Kier molecular flexibility index (Phi) is 5.16. The Balaban J connectivity index is 2.16. The molecular weight excluding hydrogens is 330 g/mol. The van der Waals surface area contributed by atoms with Crippen LogP contribution in [0.25, 0.3) is 22.0 Å². The molecule has 3 rings (SSSR count). The van der Waals surface area contributed by atoms with E-state index < -0.39 is 0 Å². The van der Waals surface area contributed by atoms with Crippen molar-refractivity contribution < 1.29 is 14.2 Å². The highest BCUT2D eigenvalue weighted by atomic mass is 16.5. The molecule has 5 nitrogen and oxygen atoms in total. The third kappa shape index (κ3) is 3.38. The minimum absolute atomic E-state index is 0.101. The summed E-state index contributed by atoms with van der Waals surface area (Å²) in [6.45, 7) is 4.73. The Hall–Kier alpha value is -2.95. The highest BCUT2D eigenvalue weighted by Crippen LogP contribution is 2.31. The summed E-state index contributed by atoms with van der Waals surface area (Å²) >= 11 is 0. The highest BCUT2D eigenvalue weighted by molar-refractivity contribution is 5.92. The third-order valence-electron chi connectivity index (χ3n) is 4.15. The van der Waals surface area contributed by atoms with Crippen LogP contribution < -0.4 is 19.6 Å².